The Balaban J connectivity index is 2.15. The lowest BCUT2D eigenvalue weighted by Gasteiger charge is -2.12. The van der Waals surface area contributed by atoms with Crippen LogP contribution in [0.25, 0.3) is 5.65 Å². The summed E-state index contributed by atoms with van der Waals surface area (Å²) in [4.78, 5) is 27.5. The van der Waals surface area contributed by atoms with E-state index < -0.39 is 0 Å². The lowest BCUT2D eigenvalue weighted by atomic mass is 10.1. The van der Waals surface area contributed by atoms with E-state index in [1.807, 2.05) is 20.8 Å². The Hall–Kier alpha value is -2.15. The SMILES string of the molecule is Cc1nc2cc(=O)[nH]n2c(C)c1CNC(=O)CCC(C)N. The highest BCUT2D eigenvalue weighted by molar-refractivity contribution is 5.75. The standard InChI is InChI=1S/C14H21N5O2/c1-8(15)4-5-13(20)16-7-11-9(2)17-12-6-14(21)18-19(12)10(11)3/h6,8H,4-5,7,15H2,1-3H3,(H,16,20)(H,18,21). The van der Waals surface area contributed by atoms with Crippen molar-refractivity contribution in [3.05, 3.63) is 33.4 Å². The van der Waals surface area contributed by atoms with Gasteiger partial charge >= 0.3 is 0 Å². The number of aromatic nitrogens is 3. The fraction of sp³-hybridized carbons (Fsp3) is 0.500. The van der Waals surface area contributed by atoms with E-state index in [0.29, 0.717) is 25.0 Å². The number of aromatic amines is 1. The van der Waals surface area contributed by atoms with Crippen molar-refractivity contribution in [2.24, 2.45) is 5.73 Å². The summed E-state index contributed by atoms with van der Waals surface area (Å²) in [6, 6.07) is 1.47. The van der Waals surface area contributed by atoms with Crippen LogP contribution in [0.15, 0.2) is 10.9 Å². The van der Waals surface area contributed by atoms with Gasteiger partial charge in [-0.15, -0.1) is 0 Å². The Morgan fingerprint density at radius 2 is 2.24 bits per heavy atom. The Kier molecular flexibility index (Phi) is 4.42. The summed E-state index contributed by atoms with van der Waals surface area (Å²) in [6.45, 7) is 6.02. The molecule has 0 aromatic carbocycles. The van der Waals surface area contributed by atoms with Gasteiger partial charge in [-0.3, -0.25) is 14.7 Å². The van der Waals surface area contributed by atoms with Gasteiger partial charge in [-0.05, 0) is 27.2 Å². The molecule has 0 aliphatic heterocycles. The van der Waals surface area contributed by atoms with Crippen molar-refractivity contribution in [2.45, 2.75) is 46.2 Å². The van der Waals surface area contributed by atoms with Gasteiger partial charge in [0.15, 0.2) is 5.65 Å². The predicted octanol–water partition coefficient (Wildman–Crippen LogP) is 0.383. The highest BCUT2D eigenvalue weighted by Crippen LogP contribution is 2.12. The lowest BCUT2D eigenvalue weighted by Crippen LogP contribution is -2.26. The summed E-state index contributed by atoms with van der Waals surface area (Å²) in [5.74, 6) is -0.0350. The minimum absolute atomic E-state index is 0.0159. The molecule has 0 saturated carbocycles. The molecule has 4 N–H and O–H groups in total. The zero-order chi connectivity index (χ0) is 15.6. The molecule has 2 aromatic rings. The first kappa shape index (κ1) is 15.2. The molecule has 2 aromatic heterocycles. The fourth-order valence-corrected chi connectivity index (χ4v) is 2.25. The number of H-pyrrole nitrogens is 1. The molecule has 21 heavy (non-hydrogen) atoms. The van der Waals surface area contributed by atoms with Crippen molar-refractivity contribution < 1.29 is 4.79 Å². The van der Waals surface area contributed by atoms with Gasteiger partial charge in [0, 0.05) is 42.0 Å². The second-order valence-corrected chi connectivity index (χ2v) is 5.37. The monoisotopic (exact) mass is 291 g/mol. The third-order valence-electron chi connectivity index (χ3n) is 3.49. The summed E-state index contributed by atoms with van der Waals surface area (Å²) in [5.41, 5.74) is 8.61. The van der Waals surface area contributed by atoms with Crippen LogP contribution in [-0.4, -0.2) is 26.5 Å². The molecule has 0 radical (unpaired) electrons. The van der Waals surface area contributed by atoms with Gasteiger partial charge in [0.1, 0.15) is 0 Å². The van der Waals surface area contributed by atoms with E-state index in [9.17, 15) is 9.59 Å². The number of amides is 1. The second kappa shape index (κ2) is 6.09. The molecule has 0 fully saturated rings. The Morgan fingerprint density at radius 3 is 2.90 bits per heavy atom. The minimum Gasteiger partial charge on any atom is -0.352 e. The molecule has 7 heteroatoms. The van der Waals surface area contributed by atoms with Crippen LogP contribution in [0.5, 0.6) is 0 Å². The molecule has 1 atom stereocenters. The second-order valence-electron chi connectivity index (χ2n) is 5.37. The summed E-state index contributed by atoms with van der Waals surface area (Å²) >= 11 is 0. The van der Waals surface area contributed by atoms with Crippen molar-refractivity contribution in [3.8, 4) is 0 Å². The van der Waals surface area contributed by atoms with E-state index >= 15 is 0 Å². The van der Waals surface area contributed by atoms with E-state index in [2.05, 4.69) is 15.4 Å². The zero-order valence-corrected chi connectivity index (χ0v) is 12.6. The minimum atomic E-state index is -0.192. The number of rotatable bonds is 5. The first-order valence-electron chi connectivity index (χ1n) is 6.98. The number of nitrogens with zero attached hydrogens (tertiary/aromatic N) is 2. The van der Waals surface area contributed by atoms with Crippen molar-refractivity contribution in [1.82, 2.24) is 19.9 Å². The molecule has 114 valence electrons. The summed E-state index contributed by atoms with van der Waals surface area (Å²) in [6.07, 6.45) is 1.07. The van der Waals surface area contributed by atoms with Gasteiger partial charge < -0.3 is 11.1 Å². The van der Waals surface area contributed by atoms with Crippen LogP contribution < -0.4 is 16.6 Å². The van der Waals surface area contributed by atoms with Crippen LogP contribution >= 0.6 is 0 Å². The average molecular weight is 291 g/mol. The Bertz CT molecular complexity index is 714. The number of nitrogens with one attached hydrogen (secondary N) is 2. The first-order chi connectivity index (χ1) is 9.88. The van der Waals surface area contributed by atoms with Gasteiger partial charge in [-0.1, -0.05) is 0 Å². The topological polar surface area (TPSA) is 105 Å². The molecule has 0 bridgehead atoms. The van der Waals surface area contributed by atoms with Crippen molar-refractivity contribution >= 4 is 11.6 Å². The third kappa shape index (κ3) is 3.49. The molecule has 1 amide bonds. The Morgan fingerprint density at radius 1 is 1.52 bits per heavy atom. The molecule has 7 nitrogen and oxygen atoms in total. The molecule has 0 aliphatic rings. The molecular formula is C14H21N5O2. The van der Waals surface area contributed by atoms with E-state index in [-0.39, 0.29) is 17.5 Å². The molecule has 1 unspecified atom stereocenters. The average Bonchev–Trinajstić information content (AvgIpc) is 2.76. The van der Waals surface area contributed by atoms with Gasteiger partial charge in [-0.2, -0.15) is 0 Å². The van der Waals surface area contributed by atoms with E-state index in [0.717, 1.165) is 17.0 Å². The van der Waals surface area contributed by atoms with E-state index in [1.54, 1.807) is 4.52 Å². The van der Waals surface area contributed by atoms with Crippen LogP contribution in [0.2, 0.25) is 0 Å². The molecule has 2 rings (SSSR count). The largest absolute Gasteiger partial charge is 0.352 e. The van der Waals surface area contributed by atoms with Gasteiger partial charge in [0.2, 0.25) is 5.91 Å². The van der Waals surface area contributed by atoms with E-state index in [4.69, 9.17) is 5.73 Å². The maximum atomic E-state index is 11.8. The molecular weight excluding hydrogens is 270 g/mol. The molecule has 0 saturated heterocycles. The van der Waals surface area contributed by atoms with E-state index in [1.165, 1.54) is 6.07 Å². The highest BCUT2D eigenvalue weighted by Gasteiger charge is 2.12. The number of carbonyl (C=O) groups is 1. The van der Waals surface area contributed by atoms with Gasteiger partial charge in [-0.25, -0.2) is 9.50 Å². The number of carbonyl (C=O) groups excluding carboxylic acids is 1. The first-order valence-corrected chi connectivity index (χ1v) is 6.98. The highest BCUT2D eigenvalue weighted by atomic mass is 16.1. The van der Waals surface area contributed by atoms with Crippen LogP contribution in [-0.2, 0) is 11.3 Å². The Labute approximate surface area is 122 Å². The van der Waals surface area contributed by atoms with Crippen LogP contribution in [0.3, 0.4) is 0 Å². The molecule has 0 aliphatic carbocycles. The normalized spacial score (nSPS) is 12.6. The number of aryl methyl sites for hydroxylation is 2. The zero-order valence-electron chi connectivity index (χ0n) is 12.6. The number of nitrogens with two attached hydrogens (primary N) is 1. The van der Waals surface area contributed by atoms with Crippen molar-refractivity contribution in [3.63, 3.8) is 0 Å². The molecule has 2 heterocycles. The summed E-state index contributed by atoms with van der Waals surface area (Å²) < 4.78 is 1.64. The number of hydrogen-bond acceptors (Lipinski definition) is 4. The number of fused-ring (bicyclic) bond motifs is 1. The fourth-order valence-electron chi connectivity index (χ4n) is 2.25. The maximum Gasteiger partial charge on any atom is 0.266 e. The lowest BCUT2D eigenvalue weighted by molar-refractivity contribution is -0.121. The van der Waals surface area contributed by atoms with Gasteiger partial charge in [0.25, 0.3) is 5.56 Å². The molecule has 0 spiro atoms. The third-order valence-corrected chi connectivity index (χ3v) is 3.49. The van der Waals surface area contributed by atoms with Crippen LogP contribution in [0.4, 0.5) is 0 Å². The smallest absolute Gasteiger partial charge is 0.266 e. The van der Waals surface area contributed by atoms with Crippen LogP contribution in [0.1, 0.15) is 36.7 Å². The summed E-state index contributed by atoms with van der Waals surface area (Å²) in [5, 5.41) is 5.56. The predicted molar refractivity (Wildman–Crippen MR) is 80.0 cm³/mol. The quantitative estimate of drug-likeness (QED) is 0.740. The number of hydrogen-bond donors (Lipinski definition) is 3. The summed E-state index contributed by atoms with van der Waals surface area (Å²) in [7, 11) is 0. The van der Waals surface area contributed by atoms with Crippen LogP contribution in [0, 0.1) is 13.8 Å². The van der Waals surface area contributed by atoms with Crippen molar-refractivity contribution in [1.29, 1.82) is 0 Å². The maximum absolute atomic E-state index is 11.8. The van der Waals surface area contributed by atoms with Crippen molar-refractivity contribution in [2.75, 3.05) is 0 Å². The van der Waals surface area contributed by atoms with Gasteiger partial charge in [0.05, 0.1) is 0 Å².